The number of hydrogen-bond acceptors (Lipinski definition) is 4. The molecule has 8 heteroatoms. The van der Waals surface area contributed by atoms with Crippen molar-refractivity contribution in [3.05, 3.63) is 36.2 Å². The fourth-order valence-corrected chi connectivity index (χ4v) is 2.03. The van der Waals surface area contributed by atoms with Gasteiger partial charge in [-0.2, -0.15) is 5.10 Å². The summed E-state index contributed by atoms with van der Waals surface area (Å²) >= 11 is 1.10. The Morgan fingerprint density at radius 1 is 1.42 bits per heavy atom. The van der Waals surface area contributed by atoms with Crippen LogP contribution >= 0.6 is 11.8 Å². The minimum atomic E-state index is -0.815. The maximum absolute atomic E-state index is 13.4. The lowest BCUT2D eigenvalue weighted by atomic mass is 10.3. The van der Waals surface area contributed by atoms with E-state index in [1.807, 2.05) is 0 Å². The number of thioether (sulfide) groups is 1. The molecule has 0 spiro atoms. The molecular weight excluding hydrogens is 274 g/mol. The molecule has 1 amide bonds. The number of halogens is 2. The van der Waals surface area contributed by atoms with E-state index in [-0.39, 0.29) is 0 Å². The van der Waals surface area contributed by atoms with Gasteiger partial charge in [-0.1, -0.05) is 17.8 Å². The molecule has 2 N–H and O–H groups in total. The summed E-state index contributed by atoms with van der Waals surface area (Å²) in [6, 6.07) is 3.38. The molecule has 2 aromatic rings. The molecule has 0 aliphatic rings. The van der Waals surface area contributed by atoms with Gasteiger partial charge < -0.3 is 5.32 Å². The van der Waals surface area contributed by atoms with Crippen molar-refractivity contribution in [2.75, 3.05) is 5.32 Å². The maximum Gasteiger partial charge on any atom is 0.237 e. The number of anilines is 1. The highest BCUT2D eigenvalue weighted by Crippen LogP contribution is 2.22. The number of para-hydroxylation sites is 1. The van der Waals surface area contributed by atoms with Crippen LogP contribution < -0.4 is 5.32 Å². The lowest BCUT2D eigenvalue weighted by molar-refractivity contribution is -0.115. The van der Waals surface area contributed by atoms with Crippen LogP contribution in [-0.4, -0.2) is 26.3 Å². The minimum Gasteiger partial charge on any atom is -0.320 e. The molecule has 0 aliphatic heterocycles. The van der Waals surface area contributed by atoms with Crippen LogP contribution in [0.4, 0.5) is 14.5 Å². The fourth-order valence-electron chi connectivity index (χ4n) is 1.31. The first-order chi connectivity index (χ1) is 9.08. The number of hydrogen-bond donors (Lipinski definition) is 2. The number of carbonyl (C=O) groups excluding carboxylic acids is 1. The number of carbonyl (C=O) groups is 1. The van der Waals surface area contributed by atoms with Crippen LogP contribution in [0, 0.1) is 11.6 Å². The van der Waals surface area contributed by atoms with Gasteiger partial charge in [-0.25, -0.2) is 13.8 Å². The Hall–Kier alpha value is -1.96. The molecule has 1 aromatic carbocycles. The SMILES string of the molecule is CC(Sc1ncn[nH]1)C(=O)Nc1c(F)cccc1F. The zero-order chi connectivity index (χ0) is 13.8. The molecule has 0 fully saturated rings. The highest BCUT2D eigenvalue weighted by molar-refractivity contribution is 8.00. The summed E-state index contributed by atoms with van der Waals surface area (Å²) in [5.41, 5.74) is -0.447. The van der Waals surface area contributed by atoms with E-state index < -0.39 is 28.5 Å². The Bertz CT molecular complexity index is 556. The molecule has 0 bridgehead atoms. The highest BCUT2D eigenvalue weighted by Gasteiger charge is 2.19. The van der Waals surface area contributed by atoms with E-state index in [1.54, 1.807) is 6.92 Å². The number of nitrogens with zero attached hydrogens (tertiary/aromatic N) is 2. The van der Waals surface area contributed by atoms with E-state index in [0.717, 1.165) is 23.9 Å². The van der Waals surface area contributed by atoms with Crippen LogP contribution in [0.15, 0.2) is 29.7 Å². The average Bonchev–Trinajstić information content (AvgIpc) is 2.86. The molecule has 19 heavy (non-hydrogen) atoms. The zero-order valence-electron chi connectivity index (χ0n) is 9.85. The number of rotatable bonds is 4. The summed E-state index contributed by atoms with van der Waals surface area (Å²) in [5.74, 6) is -2.15. The van der Waals surface area contributed by atoms with E-state index in [9.17, 15) is 13.6 Å². The van der Waals surface area contributed by atoms with E-state index in [1.165, 1.54) is 12.4 Å². The van der Waals surface area contributed by atoms with Crippen LogP contribution in [0.3, 0.4) is 0 Å². The third-order valence-electron chi connectivity index (χ3n) is 2.26. The summed E-state index contributed by atoms with van der Waals surface area (Å²) in [4.78, 5) is 15.7. The van der Waals surface area contributed by atoms with Crippen molar-refractivity contribution in [1.82, 2.24) is 15.2 Å². The van der Waals surface area contributed by atoms with Gasteiger partial charge in [0.2, 0.25) is 5.91 Å². The number of benzene rings is 1. The van der Waals surface area contributed by atoms with Crippen LogP contribution in [0.1, 0.15) is 6.92 Å². The van der Waals surface area contributed by atoms with Crippen LogP contribution in [-0.2, 0) is 4.79 Å². The Kier molecular flexibility index (Phi) is 4.10. The molecule has 1 atom stereocenters. The average molecular weight is 284 g/mol. The second-order valence-electron chi connectivity index (χ2n) is 3.64. The molecule has 1 aromatic heterocycles. The summed E-state index contributed by atoms with van der Waals surface area (Å²) in [7, 11) is 0. The monoisotopic (exact) mass is 284 g/mol. The number of nitrogens with one attached hydrogen (secondary N) is 2. The van der Waals surface area contributed by atoms with Gasteiger partial charge in [0.15, 0.2) is 5.16 Å². The summed E-state index contributed by atoms with van der Waals surface area (Å²) in [6.07, 6.45) is 1.31. The molecule has 0 aliphatic carbocycles. The molecule has 0 saturated carbocycles. The normalized spacial score (nSPS) is 12.2. The van der Waals surface area contributed by atoms with Gasteiger partial charge in [0.1, 0.15) is 23.6 Å². The van der Waals surface area contributed by atoms with E-state index >= 15 is 0 Å². The molecule has 0 saturated heterocycles. The first-order valence-corrected chi connectivity index (χ1v) is 6.23. The first-order valence-electron chi connectivity index (χ1n) is 5.35. The number of aromatic nitrogens is 3. The van der Waals surface area contributed by atoms with Crippen molar-refractivity contribution >= 4 is 23.4 Å². The van der Waals surface area contributed by atoms with Crippen molar-refractivity contribution in [2.24, 2.45) is 0 Å². The van der Waals surface area contributed by atoms with Gasteiger partial charge >= 0.3 is 0 Å². The Morgan fingerprint density at radius 3 is 2.68 bits per heavy atom. The molecular formula is C11H10F2N4OS. The largest absolute Gasteiger partial charge is 0.320 e. The molecule has 1 heterocycles. The lowest BCUT2D eigenvalue weighted by Gasteiger charge is -2.11. The smallest absolute Gasteiger partial charge is 0.237 e. The molecule has 2 rings (SSSR count). The number of aromatic amines is 1. The lowest BCUT2D eigenvalue weighted by Crippen LogP contribution is -2.23. The van der Waals surface area contributed by atoms with Gasteiger partial charge in [0.25, 0.3) is 0 Å². The summed E-state index contributed by atoms with van der Waals surface area (Å²) < 4.78 is 26.7. The van der Waals surface area contributed by atoms with Crippen molar-refractivity contribution in [3.63, 3.8) is 0 Å². The van der Waals surface area contributed by atoms with E-state index in [0.29, 0.717) is 5.16 Å². The number of H-pyrrole nitrogens is 1. The second kappa shape index (κ2) is 5.79. The quantitative estimate of drug-likeness (QED) is 0.844. The van der Waals surface area contributed by atoms with Gasteiger partial charge in [0.05, 0.1) is 5.25 Å². The minimum absolute atomic E-state index is 0.447. The second-order valence-corrected chi connectivity index (χ2v) is 4.97. The number of amides is 1. The van der Waals surface area contributed by atoms with Gasteiger partial charge in [0, 0.05) is 0 Å². The van der Waals surface area contributed by atoms with Gasteiger partial charge in [-0.3, -0.25) is 9.89 Å². The molecule has 1 unspecified atom stereocenters. The molecule has 5 nitrogen and oxygen atoms in total. The highest BCUT2D eigenvalue weighted by atomic mass is 32.2. The van der Waals surface area contributed by atoms with Crippen LogP contribution in [0.5, 0.6) is 0 Å². The molecule has 0 radical (unpaired) electrons. The summed E-state index contributed by atoms with van der Waals surface area (Å²) in [5, 5.41) is 8.32. The Labute approximate surface area is 111 Å². The van der Waals surface area contributed by atoms with Crippen molar-refractivity contribution in [1.29, 1.82) is 0 Å². The zero-order valence-corrected chi connectivity index (χ0v) is 10.7. The van der Waals surface area contributed by atoms with Crippen molar-refractivity contribution in [2.45, 2.75) is 17.3 Å². The third kappa shape index (κ3) is 3.28. The Morgan fingerprint density at radius 2 is 2.11 bits per heavy atom. The standard InChI is InChI=1S/C11H10F2N4OS/c1-6(19-11-14-5-15-17-11)10(18)16-9-7(12)3-2-4-8(9)13/h2-6H,1H3,(H,16,18)(H,14,15,17). The van der Waals surface area contributed by atoms with Gasteiger partial charge in [-0.15, -0.1) is 0 Å². The first kappa shape index (κ1) is 13.5. The van der Waals surface area contributed by atoms with E-state index in [4.69, 9.17) is 0 Å². The van der Waals surface area contributed by atoms with Crippen LogP contribution in [0.2, 0.25) is 0 Å². The van der Waals surface area contributed by atoms with Crippen molar-refractivity contribution < 1.29 is 13.6 Å². The van der Waals surface area contributed by atoms with Crippen LogP contribution in [0.25, 0.3) is 0 Å². The third-order valence-corrected chi connectivity index (χ3v) is 3.25. The molecule has 100 valence electrons. The fraction of sp³-hybridized carbons (Fsp3) is 0.182. The topological polar surface area (TPSA) is 70.7 Å². The predicted octanol–water partition coefficient (Wildman–Crippen LogP) is 2.20. The summed E-state index contributed by atoms with van der Waals surface area (Å²) in [6.45, 7) is 1.60. The van der Waals surface area contributed by atoms with E-state index in [2.05, 4.69) is 20.5 Å². The maximum atomic E-state index is 13.4. The predicted molar refractivity (Wildman–Crippen MR) is 66.7 cm³/mol. The Balaban J connectivity index is 2.04. The van der Waals surface area contributed by atoms with Crippen molar-refractivity contribution in [3.8, 4) is 0 Å². The van der Waals surface area contributed by atoms with Gasteiger partial charge in [-0.05, 0) is 19.1 Å².